The van der Waals surface area contributed by atoms with E-state index >= 15 is 0 Å². The number of phosphoric acid groups is 1. The largest absolute Gasteiger partial charge is 0.472 e. The first kappa shape index (κ1) is 91.8. The third-order valence-electron chi connectivity index (χ3n) is 19.5. The fraction of sp³-hybridized carbons (Fsp3) is 0.952. The highest BCUT2D eigenvalue weighted by atomic mass is 31.2. The molecular formula is C83H165NO8P+. The SMILES string of the molecule is CCCCCCCCCC/C=C/CCCCCCCCCCCCCCCCCCCC(=O)OC(COC(=O)CCCCCCCCCCCCCCCCCCCCCCCCCCCCCCCCCCCCCCCCCC)COP(=O)(O)OCC[N+](C)(C)C. The second-order valence-electron chi connectivity index (χ2n) is 30.2. The first-order valence-corrected chi connectivity index (χ1v) is 43.4. The van der Waals surface area contributed by atoms with Gasteiger partial charge in [-0.1, -0.05) is 418 Å². The van der Waals surface area contributed by atoms with Crippen molar-refractivity contribution in [3.63, 3.8) is 0 Å². The molecule has 0 aromatic rings. The molecule has 0 bridgehead atoms. The third kappa shape index (κ3) is 79.6. The summed E-state index contributed by atoms with van der Waals surface area (Å²) in [4.78, 5) is 36.0. The zero-order valence-electron chi connectivity index (χ0n) is 63.6. The zero-order chi connectivity index (χ0) is 67.6. The summed E-state index contributed by atoms with van der Waals surface area (Å²) in [5, 5.41) is 0. The molecule has 0 aliphatic carbocycles. The molecule has 0 spiro atoms. The molecule has 0 aromatic heterocycles. The molecule has 0 aliphatic rings. The van der Waals surface area contributed by atoms with Crippen molar-refractivity contribution in [1.29, 1.82) is 0 Å². The normalized spacial score (nSPS) is 13.0. The first-order valence-electron chi connectivity index (χ1n) is 41.9. The summed E-state index contributed by atoms with van der Waals surface area (Å²) in [5.74, 6) is -0.767. The van der Waals surface area contributed by atoms with Gasteiger partial charge < -0.3 is 18.9 Å². The average Bonchev–Trinajstić information content (AvgIpc) is 2.61. The molecule has 2 unspecified atom stereocenters. The predicted molar refractivity (Wildman–Crippen MR) is 405 cm³/mol. The molecule has 554 valence electrons. The Hall–Kier alpha value is -1.25. The van der Waals surface area contributed by atoms with E-state index in [1.165, 1.54) is 392 Å². The Morgan fingerprint density at radius 2 is 0.548 bits per heavy atom. The van der Waals surface area contributed by atoms with Crippen LogP contribution in [0.25, 0.3) is 0 Å². The van der Waals surface area contributed by atoms with E-state index in [1.807, 2.05) is 21.1 Å². The molecule has 0 aliphatic heterocycles. The van der Waals surface area contributed by atoms with Crippen LogP contribution in [0, 0.1) is 0 Å². The molecule has 0 saturated carbocycles. The lowest BCUT2D eigenvalue weighted by atomic mass is 10.0. The number of likely N-dealkylation sites (N-methyl/N-ethyl adjacent to an activating group) is 1. The van der Waals surface area contributed by atoms with E-state index in [0.29, 0.717) is 17.4 Å². The van der Waals surface area contributed by atoms with Crippen molar-refractivity contribution in [1.82, 2.24) is 0 Å². The minimum atomic E-state index is -4.39. The zero-order valence-corrected chi connectivity index (χ0v) is 64.4. The second-order valence-corrected chi connectivity index (χ2v) is 31.7. The summed E-state index contributed by atoms with van der Waals surface area (Å²) < 4.78 is 34.9. The van der Waals surface area contributed by atoms with Crippen LogP contribution in [-0.4, -0.2) is 74.9 Å². The van der Waals surface area contributed by atoms with Crippen LogP contribution >= 0.6 is 7.82 Å². The molecule has 93 heavy (non-hydrogen) atoms. The fourth-order valence-corrected chi connectivity index (χ4v) is 13.9. The molecule has 2 atom stereocenters. The van der Waals surface area contributed by atoms with Crippen molar-refractivity contribution >= 4 is 19.8 Å². The van der Waals surface area contributed by atoms with E-state index in [4.69, 9.17) is 18.5 Å². The Bertz CT molecular complexity index is 1570. The molecule has 0 radical (unpaired) electrons. The van der Waals surface area contributed by atoms with Crippen LogP contribution in [0.1, 0.15) is 457 Å². The Balaban J connectivity index is 3.84. The number of hydrogen-bond donors (Lipinski definition) is 1. The van der Waals surface area contributed by atoms with Crippen molar-refractivity contribution in [3.05, 3.63) is 12.2 Å². The molecule has 1 N–H and O–H groups in total. The Labute approximate surface area is 581 Å². The van der Waals surface area contributed by atoms with E-state index in [0.717, 1.165) is 38.5 Å². The molecule has 0 saturated heterocycles. The number of hydrogen-bond acceptors (Lipinski definition) is 7. The van der Waals surface area contributed by atoms with Crippen LogP contribution < -0.4 is 0 Å². The van der Waals surface area contributed by atoms with Gasteiger partial charge >= 0.3 is 19.8 Å². The van der Waals surface area contributed by atoms with Crippen molar-refractivity contribution < 1.29 is 42.1 Å². The molecule has 9 nitrogen and oxygen atoms in total. The van der Waals surface area contributed by atoms with E-state index in [9.17, 15) is 19.0 Å². The lowest BCUT2D eigenvalue weighted by Gasteiger charge is -2.24. The number of ether oxygens (including phenoxy) is 2. The Morgan fingerprint density at radius 3 is 0.796 bits per heavy atom. The van der Waals surface area contributed by atoms with Gasteiger partial charge in [-0.05, 0) is 38.5 Å². The molecule has 0 rings (SSSR count). The maximum Gasteiger partial charge on any atom is 0.472 e. The van der Waals surface area contributed by atoms with Gasteiger partial charge in [0.15, 0.2) is 6.10 Å². The number of nitrogens with zero attached hydrogens (tertiary/aromatic N) is 1. The van der Waals surface area contributed by atoms with Gasteiger partial charge in [-0.2, -0.15) is 0 Å². The molecule has 10 heteroatoms. The van der Waals surface area contributed by atoms with Crippen molar-refractivity contribution in [2.75, 3.05) is 47.5 Å². The maximum absolute atomic E-state index is 12.9. The van der Waals surface area contributed by atoms with Gasteiger partial charge in [0.2, 0.25) is 0 Å². The summed E-state index contributed by atoms with van der Waals surface area (Å²) in [6.45, 7) is 4.53. The van der Waals surface area contributed by atoms with E-state index in [1.54, 1.807) is 0 Å². The van der Waals surface area contributed by atoms with E-state index < -0.39 is 26.5 Å². The highest BCUT2D eigenvalue weighted by Gasteiger charge is 2.27. The molecule has 0 aromatic carbocycles. The monoisotopic (exact) mass is 1340 g/mol. The quantitative estimate of drug-likeness (QED) is 0.0211. The number of esters is 2. The van der Waals surface area contributed by atoms with Gasteiger partial charge in [0.25, 0.3) is 0 Å². The topological polar surface area (TPSA) is 108 Å². The number of carbonyl (C=O) groups excluding carboxylic acids is 2. The van der Waals surface area contributed by atoms with Gasteiger partial charge in [-0.25, -0.2) is 4.57 Å². The summed E-state index contributed by atoms with van der Waals surface area (Å²) in [6, 6.07) is 0. The number of allylic oxidation sites excluding steroid dienone is 2. The van der Waals surface area contributed by atoms with Gasteiger partial charge in [0.1, 0.15) is 19.8 Å². The van der Waals surface area contributed by atoms with Crippen molar-refractivity contribution in [3.8, 4) is 0 Å². The van der Waals surface area contributed by atoms with Gasteiger partial charge in [0, 0.05) is 12.8 Å². The number of rotatable bonds is 80. The summed E-state index contributed by atoms with van der Waals surface area (Å²) >= 11 is 0. The van der Waals surface area contributed by atoms with Crippen LogP contribution in [0.2, 0.25) is 0 Å². The van der Waals surface area contributed by atoms with Gasteiger partial charge in [0.05, 0.1) is 27.7 Å². The number of unbranched alkanes of at least 4 members (excludes halogenated alkanes) is 64. The van der Waals surface area contributed by atoms with Crippen LogP contribution in [0.15, 0.2) is 12.2 Å². The van der Waals surface area contributed by atoms with Crippen LogP contribution in [0.5, 0.6) is 0 Å². The lowest BCUT2D eigenvalue weighted by molar-refractivity contribution is -0.870. The van der Waals surface area contributed by atoms with Gasteiger partial charge in [-0.15, -0.1) is 0 Å². The molecule has 0 fully saturated rings. The summed E-state index contributed by atoms with van der Waals surface area (Å²) in [6.07, 6.45) is 95.4. The molecule has 0 heterocycles. The smallest absolute Gasteiger partial charge is 0.462 e. The minimum Gasteiger partial charge on any atom is -0.462 e. The standard InChI is InChI=1S/C83H164NO8P/c1-6-8-10-12-14-16-18-20-22-24-26-28-30-32-34-36-37-38-39-40-41-42-43-44-45-46-48-49-51-53-55-57-59-61-63-65-67-69-71-73-75-82(85)89-79-81(80-91-93(87,88)90-78-77-84(3,4)5)92-83(86)76-74-72-70-68-66-64-62-60-58-56-54-52-50-47-35-33-31-29-27-25-23-21-19-17-15-13-11-9-7-2/h25,27,81H,6-24,26,28-80H2,1-5H3/p+1/b27-25+. The summed E-state index contributed by atoms with van der Waals surface area (Å²) in [5.41, 5.74) is 0. The van der Waals surface area contributed by atoms with Crippen LogP contribution in [0.3, 0.4) is 0 Å². The van der Waals surface area contributed by atoms with Crippen molar-refractivity contribution in [2.45, 2.75) is 463 Å². The van der Waals surface area contributed by atoms with Crippen molar-refractivity contribution in [2.24, 2.45) is 0 Å². The highest BCUT2D eigenvalue weighted by Crippen LogP contribution is 2.43. The fourth-order valence-electron chi connectivity index (χ4n) is 13.1. The number of phosphoric ester groups is 1. The third-order valence-corrected chi connectivity index (χ3v) is 20.5. The Kier molecular flexibility index (Phi) is 74.0. The number of quaternary nitrogens is 1. The van der Waals surface area contributed by atoms with Gasteiger partial charge in [-0.3, -0.25) is 18.6 Å². The Morgan fingerprint density at radius 1 is 0.323 bits per heavy atom. The van der Waals surface area contributed by atoms with Crippen LogP contribution in [0.4, 0.5) is 0 Å². The molecule has 0 amide bonds. The number of carbonyl (C=O) groups is 2. The first-order chi connectivity index (χ1) is 45.5. The predicted octanol–water partition coefficient (Wildman–Crippen LogP) is 27.8. The minimum absolute atomic E-state index is 0.0367. The van der Waals surface area contributed by atoms with E-state index in [2.05, 4.69) is 26.0 Å². The van der Waals surface area contributed by atoms with E-state index in [-0.39, 0.29) is 25.6 Å². The second kappa shape index (κ2) is 75.0. The lowest BCUT2D eigenvalue weighted by Crippen LogP contribution is -2.37. The highest BCUT2D eigenvalue weighted by molar-refractivity contribution is 7.47. The summed E-state index contributed by atoms with van der Waals surface area (Å²) in [7, 11) is 1.51. The maximum atomic E-state index is 12.9. The average molecular weight is 1340 g/mol. The van der Waals surface area contributed by atoms with Crippen LogP contribution in [-0.2, 0) is 32.7 Å². The molecular weight excluding hydrogens is 1170 g/mol.